The second-order valence-corrected chi connectivity index (χ2v) is 8.21. The Bertz CT molecular complexity index is 1380. The number of nitrogens with zero attached hydrogens (tertiary/aromatic N) is 6. The van der Waals surface area contributed by atoms with Crippen LogP contribution in [0, 0.1) is 0 Å². The van der Waals surface area contributed by atoms with Gasteiger partial charge in [-0.05, 0) is 36.4 Å². The van der Waals surface area contributed by atoms with E-state index in [4.69, 9.17) is 14.4 Å². The van der Waals surface area contributed by atoms with E-state index < -0.39 is 0 Å². The molecule has 9 heteroatoms. The largest absolute Gasteiger partial charge is 0.459 e. The maximum absolute atomic E-state index is 12.6. The lowest BCUT2D eigenvalue weighted by Gasteiger charge is -2.34. The fourth-order valence-electron chi connectivity index (χ4n) is 4.39. The highest BCUT2D eigenvalue weighted by molar-refractivity contribution is 5.91. The van der Waals surface area contributed by atoms with Crippen LogP contribution in [-0.2, 0) is 13.1 Å². The van der Waals surface area contributed by atoms with Crippen molar-refractivity contribution < 1.29 is 9.21 Å². The van der Waals surface area contributed by atoms with Crippen LogP contribution in [0.4, 0.5) is 0 Å². The van der Waals surface area contributed by atoms with Gasteiger partial charge >= 0.3 is 0 Å². The monoisotopic (exact) mass is 441 g/mol. The minimum absolute atomic E-state index is 0.0547. The van der Waals surface area contributed by atoms with Gasteiger partial charge in [-0.15, -0.1) is 0 Å². The molecule has 1 aliphatic rings. The summed E-state index contributed by atoms with van der Waals surface area (Å²) in [6, 6.07) is 15.4. The number of aromatic amines is 1. The first kappa shape index (κ1) is 19.7. The normalized spacial score (nSPS) is 15.0. The van der Waals surface area contributed by atoms with Crippen LogP contribution in [0.15, 0.2) is 65.4 Å². The Hall–Kier alpha value is -3.98. The zero-order valence-corrected chi connectivity index (χ0v) is 18.0. The SMILES string of the molecule is O=C(c1ccco1)N1CCN(Cc2nc3cccnc3n2Cc2nc3ccccc3[nH]2)CC1. The van der Waals surface area contributed by atoms with Gasteiger partial charge in [0.2, 0.25) is 0 Å². The molecule has 166 valence electrons. The Balaban J connectivity index is 1.22. The van der Waals surface area contributed by atoms with Gasteiger partial charge in [-0.25, -0.2) is 15.0 Å². The van der Waals surface area contributed by atoms with E-state index in [0.29, 0.717) is 31.9 Å². The van der Waals surface area contributed by atoms with E-state index >= 15 is 0 Å². The highest BCUT2D eigenvalue weighted by atomic mass is 16.3. The van der Waals surface area contributed by atoms with E-state index in [1.54, 1.807) is 18.3 Å². The van der Waals surface area contributed by atoms with Crippen molar-refractivity contribution in [3.8, 4) is 0 Å². The van der Waals surface area contributed by atoms with Crippen molar-refractivity contribution in [2.24, 2.45) is 0 Å². The van der Waals surface area contributed by atoms with Gasteiger partial charge in [0.1, 0.15) is 17.2 Å². The molecule has 5 aromatic rings. The molecule has 1 N–H and O–H groups in total. The van der Waals surface area contributed by atoms with Gasteiger partial charge in [0.15, 0.2) is 11.4 Å². The number of nitrogens with one attached hydrogen (secondary N) is 1. The van der Waals surface area contributed by atoms with E-state index in [9.17, 15) is 4.79 Å². The number of aromatic nitrogens is 5. The number of piperazine rings is 1. The molecule has 9 nitrogen and oxygen atoms in total. The third-order valence-electron chi connectivity index (χ3n) is 6.09. The van der Waals surface area contributed by atoms with Gasteiger partial charge < -0.3 is 18.9 Å². The summed E-state index contributed by atoms with van der Waals surface area (Å²) in [4.78, 5) is 34.3. The highest BCUT2D eigenvalue weighted by Gasteiger charge is 2.25. The van der Waals surface area contributed by atoms with Crippen LogP contribution in [0.5, 0.6) is 0 Å². The first-order chi connectivity index (χ1) is 16.2. The predicted octanol–water partition coefficient (Wildman–Crippen LogP) is 2.91. The number of fused-ring (bicyclic) bond motifs is 2. The second kappa shape index (κ2) is 8.18. The summed E-state index contributed by atoms with van der Waals surface area (Å²) in [5.41, 5.74) is 3.68. The van der Waals surface area contributed by atoms with E-state index in [1.165, 1.54) is 6.26 Å². The molecule has 0 atom stereocenters. The average molecular weight is 441 g/mol. The quantitative estimate of drug-likeness (QED) is 0.451. The molecule has 4 aromatic heterocycles. The van der Waals surface area contributed by atoms with Gasteiger partial charge in [-0.3, -0.25) is 9.69 Å². The second-order valence-electron chi connectivity index (χ2n) is 8.21. The van der Waals surface area contributed by atoms with Gasteiger partial charge in [-0.1, -0.05) is 12.1 Å². The van der Waals surface area contributed by atoms with Crippen molar-refractivity contribution in [1.29, 1.82) is 0 Å². The summed E-state index contributed by atoms with van der Waals surface area (Å²) in [6.45, 7) is 4.10. The minimum atomic E-state index is -0.0547. The maximum atomic E-state index is 12.6. The zero-order chi connectivity index (χ0) is 22.2. The number of carbonyl (C=O) groups is 1. The molecule has 0 spiro atoms. The van der Waals surface area contributed by atoms with Crippen molar-refractivity contribution >= 4 is 28.1 Å². The van der Waals surface area contributed by atoms with Crippen LogP contribution in [0.25, 0.3) is 22.2 Å². The number of hydrogen-bond donors (Lipinski definition) is 1. The third-order valence-corrected chi connectivity index (χ3v) is 6.09. The van der Waals surface area contributed by atoms with Gasteiger partial charge in [-0.2, -0.15) is 0 Å². The van der Waals surface area contributed by atoms with Crippen LogP contribution in [-0.4, -0.2) is 66.4 Å². The summed E-state index contributed by atoms with van der Waals surface area (Å²) in [6.07, 6.45) is 3.33. The fourth-order valence-corrected chi connectivity index (χ4v) is 4.39. The van der Waals surface area contributed by atoms with Gasteiger partial charge in [0.25, 0.3) is 5.91 Å². The summed E-state index contributed by atoms with van der Waals surface area (Å²) < 4.78 is 7.40. The van der Waals surface area contributed by atoms with Crippen molar-refractivity contribution in [1.82, 2.24) is 34.3 Å². The maximum Gasteiger partial charge on any atom is 0.289 e. The topological polar surface area (TPSA) is 96.1 Å². The lowest BCUT2D eigenvalue weighted by atomic mass is 10.3. The Morgan fingerprint density at radius 3 is 2.61 bits per heavy atom. The number of hydrogen-bond acceptors (Lipinski definition) is 6. The molecule has 33 heavy (non-hydrogen) atoms. The highest BCUT2D eigenvalue weighted by Crippen LogP contribution is 2.19. The first-order valence-electron chi connectivity index (χ1n) is 11.0. The van der Waals surface area contributed by atoms with Gasteiger partial charge in [0, 0.05) is 32.4 Å². The Labute approximate surface area is 189 Å². The molecule has 0 bridgehead atoms. The number of H-pyrrole nitrogens is 1. The molecule has 1 saturated heterocycles. The summed E-state index contributed by atoms with van der Waals surface area (Å²) in [5, 5.41) is 0. The number of carbonyl (C=O) groups excluding carboxylic acids is 1. The summed E-state index contributed by atoms with van der Waals surface area (Å²) in [5.74, 6) is 2.15. The van der Waals surface area contributed by atoms with E-state index in [1.807, 2.05) is 41.3 Å². The van der Waals surface area contributed by atoms with Crippen molar-refractivity contribution in [2.45, 2.75) is 13.1 Å². The van der Waals surface area contributed by atoms with Crippen LogP contribution in [0.3, 0.4) is 0 Å². The number of rotatable bonds is 5. The number of furan rings is 1. The lowest BCUT2D eigenvalue weighted by molar-refractivity contribution is 0.0594. The predicted molar refractivity (Wildman–Crippen MR) is 123 cm³/mol. The van der Waals surface area contributed by atoms with Crippen LogP contribution >= 0.6 is 0 Å². The van der Waals surface area contributed by atoms with Crippen molar-refractivity contribution in [3.05, 3.63) is 78.4 Å². The van der Waals surface area contributed by atoms with E-state index in [0.717, 1.165) is 46.9 Å². The smallest absolute Gasteiger partial charge is 0.289 e. The first-order valence-corrected chi connectivity index (χ1v) is 11.0. The van der Waals surface area contributed by atoms with E-state index in [2.05, 4.69) is 19.4 Å². The fraction of sp³-hybridized carbons (Fsp3) is 0.250. The minimum Gasteiger partial charge on any atom is -0.459 e. The average Bonchev–Trinajstić information content (AvgIpc) is 3.59. The molecule has 1 fully saturated rings. The summed E-state index contributed by atoms with van der Waals surface area (Å²) >= 11 is 0. The van der Waals surface area contributed by atoms with Gasteiger partial charge in [0.05, 0.1) is 30.4 Å². The number of imidazole rings is 2. The van der Waals surface area contributed by atoms with Crippen LogP contribution in [0.2, 0.25) is 0 Å². The number of amides is 1. The number of benzene rings is 1. The summed E-state index contributed by atoms with van der Waals surface area (Å²) in [7, 11) is 0. The Kier molecular flexibility index (Phi) is 4.88. The molecular formula is C24H23N7O2. The molecule has 0 saturated carbocycles. The van der Waals surface area contributed by atoms with Crippen molar-refractivity contribution in [3.63, 3.8) is 0 Å². The molecule has 1 aliphatic heterocycles. The Morgan fingerprint density at radius 1 is 0.939 bits per heavy atom. The standard InChI is InChI=1S/C24H23N7O2/c32-24(20-8-4-14-33-20)30-12-10-29(11-13-30)16-22-28-19-7-3-9-25-23(19)31(22)15-21-26-17-5-1-2-6-18(17)27-21/h1-9,14H,10-13,15-16H2,(H,26,27). The molecule has 0 unspecified atom stereocenters. The third kappa shape index (κ3) is 3.76. The molecule has 1 aromatic carbocycles. The number of para-hydroxylation sites is 2. The number of pyridine rings is 1. The zero-order valence-electron chi connectivity index (χ0n) is 18.0. The molecule has 6 rings (SSSR count). The van der Waals surface area contributed by atoms with E-state index in [-0.39, 0.29) is 5.91 Å². The molecule has 5 heterocycles. The molecular weight excluding hydrogens is 418 g/mol. The van der Waals surface area contributed by atoms with Crippen LogP contribution < -0.4 is 0 Å². The molecule has 0 aliphatic carbocycles. The van der Waals surface area contributed by atoms with Crippen molar-refractivity contribution in [2.75, 3.05) is 26.2 Å². The lowest BCUT2D eigenvalue weighted by Crippen LogP contribution is -2.48. The molecule has 1 amide bonds. The Morgan fingerprint density at radius 2 is 1.79 bits per heavy atom. The van der Waals surface area contributed by atoms with Crippen LogP contribution in [0.1, 0.15) is 22.2 Å². The molecule has 0 radical (unpaired) electrons.